The summed E-state index contributed by atoms with van der Waals surface area (Å²) in [6, 6.07) is 21.6. The van der Waals surface area contributed by atoms with E-state index in [0.29, 0.717) is 21.9 Å². The van der Waals surface area contributed by atoms with Crippen molar-refractivity contribution in [3.8, 4) is 22.9 Å². The lowest BCUT2D eigenvalue weighted by atomic mass is 9.79. The van der Waals surface area contributed by atoms with Gasteiger partial charge in [-0.15, -0.1) is 0 Å². The minimum atomic E-state index is -4.53. The third-order valence-electron chi connectivity index (χ3n) is 9.69. The van der Waals surface area contributed by atoms with E-state index in [4.69, 9.17) is 44.1 Å². The van der Waals surface area contributed by atoms with Crippen LogP contribution in [0.2, 0.25) is 15.7 Å². The zero-order valence-electron chi connectivity index (χ0n) is 32.7. The average molecular weight is 914 g/mol. The second kappa shape index (κ2) is 17.2. The number of alkyl halides is 6. The topological polar surface area (TPSA) is 131 Å². The quantitative estimate of drug-likeness (QED) is 0.0728. The Morgan fingerprint density at radius 2 is 1.08 bits per heavy atom. The van der Waals surface area contributed by atoms with Gasteiger partial charge < -0.3 is 9.31 Å². The van der Waals surface area contributed by atoms with Crippen molar-refractivity contribution in [2.45, 2.75) is 51.2 Å². The summed E-state index contributed by atoms with van der Waals surface area (Å²) in [6.07, 6.45) is -2.87. The van der Waals surface area contributed by atoms with E-state index < -0.39 is 42.1 Å². The van der Waals surface area contributed by atoms with Gasteiger partial charge in [0.1, 0.15) is 16.5 Å². The first-order valence-electron chi connectivity index (χ1n) is 18.2. The molecule has 6 aromatic heterocycles. The normalized spacial score (nSPS) is 14.6. The van der Waals surface area contributed by atoms with Crippen LogP contribution in [-0.4, -0.2) is 67.8 Å². The van der Waals surface area contributed by atoms with Crippen molar-refractivity contribution in [1.29, 1.82) is 0 Å². The van der Waals surface area contributed by atoms with Crippen molar-refractivity contribution in [3.05, 3.63) is 137 Å². The Hall–Kier alpha value is -5.73. The lowest BCUT2D eigenvalue weighted by Gasteiger charge is -2.32. The fraction of sp³-hybridized carbons (Fsp3) is 0.200. The van der Waals surface area contributed by atoms with Gasteiger partial charge in [-0.05, 0) is 105 Å². The van der Waals surface area contributed by atoms with Crippen molar-refractivity contribution in [2.75, 3.05) is 0 Å². The summed E-state index contributed by atoms with van der Waals surface area (Å²) in [6.45, 7) is 7.84. The highest BCUT2D eigenvalue weighted by Crippen LogP contribution is 2.37. The van der Waals surface area contributed by atoms with Gasteiger partial charge in [-0.3, -0.25) is 0 Å². The molecule has 0 spiro atoms. The molecule has 0 N–H and O–H groups in total. The second-order valence-corrected chi connectivity index (χ2v) is 15.5. The van der Waals surface area contributed by atoms with E-state index in [2.05, 4.69) is 40.1 Å². The zero-order chi connectivity index (χ0) is 44.6. The predicted molar refractivity (Wildman–Crippen MR) is 222 cm³/mol. The molecule has 1 aliphatic rings. The number of fused-ring (bicyclic) bond motifs is 2. The number of pyridine rings is 2. The van der Waals surface area contributed by atoms with Gasteiger partial charge in [0.2, 0.25) is 10.6 Å². The molecule has 62 heavy (non-hydrogen) atoms. The van der Waals surface area contributed by atoms with E-state index in [0.717, 1.165) is 33.9 Å². The van der Waals surface area contributed by atoms with Gasteiger partial charge in [-0.2, -0.15) is 36.5 Å². The standard InChI is InChI=1S/C19H19BF3N3O2.C17H9ClF3N5.C4H2Cl2N2/c1-17(2)18(3,4)28-20(27-17)13-9-8-12-11-24-26(14(12)10-13)16-7-5-6-15(25-16)19(21,22)23;18-16-22-7-6-12(24-16)10-4-5-11-9-23-26(13(11)8-10)15-3-1-2-14(25-15)17(19,20)21;5-3-1-2-7-4(6)8-3/h5-11H,1-4H3;1-9H;1-2H. The van der Waals surface area contributed by atoms with Crippen LogP contribution >= 0.6 is 34.8 Å². The van der Waals surface area contributed by atoms with Crippen LogP contribution in [0.3, 0.4) is 0 Å². The van der Waals surface area contributed by atoms with Gasteiger partial charge in [0.05, 0.1) is 40.3 Å². The van der Waals surface area contributed by atoms with Crippen LogP contribution < -0.4 is 5.46 Å². The van der Waals surface area contributed by atoms with Crippen LogP contribution in [0.25, 0.3) is 44.7 Å². The van der Waals surface area contributed by atoms with Crippen LogP contribution in [0.4, 0.5) is 26.3 Å². The molecular weight excluding hydrogens is 884 g/mol. The largest absolute Gasteiger partial charge is 0.494 e. The first-order chi connectivity index (χ1) is 29.2. The molecule has 1 fully saturated rings. The molecule has 1 saturated heterocycles. The molecule has 12 nitrogen and oxygen atoms in total. The molecule has 0 amide bonds. The van der Waals surface area contributed by atoms with Crippen LogP contribution in [0.15, 0.2) is 110 Å². The molecule has 1 aliphatic heterocycles. The Morgan fingerprint density at radius 1 is 0.581 bits per heavy atom. The van der Waals surface area contributed by atoms with Crippen molar-refractivity contribution in [2.24, 2.45) is 0 Å². The number of hydrogen-bond acceptors (Lipinski definition) is 10. The first kappa shape index (κ1) is 44.3. The maximum absolute atomic E-state index is 13.0. The predicted octanol–water partition coefficient (Wildman–Crippen LogP) is 10.1. The van der Waals surface area contributed by atoms with Crippen molar-refractivity contribution in [1.82, 2.24) is 49.5 Å². The molecule has 0 atom stereocenters. The lowest BCUT2D eigenvalue weighted by molar-refractivity contribution is -0.141. The zero-order valence-corrected chi connectivity index (χ0v) is 34.9. The number of rotatable bonds is 4. The van der Waals surface area contributed by atoms with Gasteiger partial charge in [-0.25, -0.2) is 39.3 Å². The highest BCUT2D eigenvalue weighted by Gasteiger charge is 2.51. The molecule has 0 bridgehead atoms. The Balaban J connectivity index is 0.000000159. The lowest BCUT2D eigenvalue weighted by Crippen LogP contribution is -2.41. The minimum Gasteiger partial charge on any atom is -0.399 e. The van der Waals surface area contributed by atoms with Gasteiger partial charge in [0, 0.05) is 28.7 Å². The summed E-state index contributed by atoms with van der Waals surface area (Å²) in [7, 11) is -0.577. The van der Waals surface area contributed by atoms with Gasteiger partial charge in [0.15, 0.2) is 11.6 Å². The van der Waals surface area contributed by atoms with Crippen LogP contribution in [0, 0.1) is 0 Å². The number of halogens is 9. The Morgan fingerprint density at radius 3 is 1.56 bits per heavy atom. The number of nitrogens with zero attached hydrogens (tertiary/aromatic N) is 10. The molecule has 0 saturated carbocycles. The molecule has 0 radical (unpaired) electrons. The Labute approximate surface area is 364 Å². The summed E-state index contributed by atoms with van der Waals surface area (Å²) < 4.78 is 92.7. The molecule has 22 heteroatoms. The molecule has 8 aromatic rings. The molecule has 0 unspecified atom stereocenters. The summed E-state index contributed by atoms with van der Waals surface area (Å²) in [4.78, 5) is 22.6. The monoisotopic (exact) mass is 912 g/mol. The van der Waals surface area contributed by atoms with E-state index in [1.807, 2.05) is 52.0 Å². The molecular formula is C40H30BCl3F6N10O2. The molecule has 7 heterocycles. The van der Waals surface area contributed by atoms with Crippen LogP contribution in [0.1, 0.15) is 39.1 Å². The maximum atomic E-state index is 13.0. The van der Waals surface area contributed by atoms with Gasteiger partial charge in [-0.1, -0.05) is 48.0 Å². The van der Waals surface area contributed by atoms with Crippen molar-refractivity contribution >= 4 is 69.2 Å². The van der Waals surface area contributed by atoms with E-state index in [1.54, 1.807) is 36.7 Å². The maximum Gasteiger partial charge on any atom is 0.494 e. The Bertz CT molecular complexity index is 2860. The summed E-state index contributed by atoms with van der Waals surface area (Å²) in [5.74, 6) is 0.170. The SMILES string of the molecule is CC1(C)OB(c2ccc3cnn(-c4cccc(C(F)(F)F)n4)c3c2)OC1(C)C.Clc1ccnc(Cl)n1.FC(F)(F)c1cccc(-n2ncc3ccc(-c4ccnc(Cl)n4)cc32)n1. The third-order valence-corrected chi connectivity index (χ3v) is 10.3. The first-order valence-corrected chi connectivity index (χ1v) is 19.4. The van der Waals surface area contributed by atoms with Crippen molar-refractivity contribution < 1.29 is 35.7 Å². The number of benzene rings is 2. The van der Waals surface area contributed by atoms with E-state index in [1.165, 1.54) is 46.0 Å². The fourth-order valence-corrected chi connectivity index (χ4v) is 6.39. The smallest absolute Gasteiger partial charge is 0.399 e. The highest BCUT2D eigenvalue weighted by molar-refractivity contribution is 6.62. The fourth-order valence-electron chi connectivity index (χ4n) is 5.91. The van der Waals surface area contributed by atoms with Crippen LogP contribution in [0.5, 0.6) is 0 Å². The number of hydrogen-bond donors (Lipinski definition) is 0. The third kappa shape index (κ3) is 9.82. The number of aromatic nitrogens is 10. The van der Waals surface area contributed by atoms with E-state index in [9.17, 15) is 26.3 Å². The molecule has 0 aliphatic carbocycles. The summed E-state index contributed by atoms with van der Waals surface area (Å²) in [5.41, 5.74) is 0.397. The van der Waals surface area contributed by atoms with E-state index >= 15 is 0 Å². The van der Waals surface area contributed by atoms with E-state index in [-0.39, 0.29) is 22.2 Å². The molecule has 2 aromatic carbocycles. The van der Waals surface area contributed by atoms with Gasteiger partial charge >= 0.3 is 19.5 Å². The highest BCUT2D eigenvalue weighted by atomic mass is 35.5. The summed E-state index contributed by atoms with van der Waals surface area (Å²) in [5, 5.41) is 10.6. The minimum absolute atomic E-state index is 0.0766. The molecule has 9 rings (SSSR count). The Kier molecular flexibility index (Phi) is 12.3. The molecule has 318 valence electrons. The van der Waals surface area contributed by atoms with Gasteiger partial charge in [0.25, 0.3) is 0 Å². The second-order valence-electron chi connectivity index (χ2n) is 14.4. The summed E-state index contributed by atoms with van der Waals surface area (Å²) >= 11 is 16.6. The van der Waals surface area contributed by atoms with Crippen LogP contribution in [-0.2, 0) is 21.7 Å². The van der Waals surface area contributed by atoms with Crippen molar-refractivity contribution in [3.63, 3.8) is 0 Å². The average Bonchev–Trinajstić information content (AvgIpc) is 3.90.